The maximum absolute atomic E-state index is 11.2. The van der Waals surface area contributed by atoms with Crippen molar-refractivity contribution in [2.75, 3.05) is 20.8 Å². The molecule has 0 aromatic heterocycles. The van der Waals surface area contributed by atoms with Crippen LogP contribution in [0.15, 0.2) is 22.7 Å². The predicted molar refractivity (Wildman–Crippen MR) is 72.9 cm³/mol. The highest BCUT2D eigenvalue weighted by Crippen LogP contribution is 2.36. The second kappa shape index (κ2) is 7.06. The molecule has 1 aromatic carbocycles. The maximum atomic E-state index is 11.2. The van der Waals surface area contributed by atoms with E-state index in [0.717, 1.165) is 10.0 Å². The van der Waals surface area contributed by atoms with E-state index in [1.165, 1.54) is 6.08 Å². The zero-order chi connectivity index (χ0) is 13.5. The number of benzene rings is 1. The number of hydrogen-bond donors (Lipinski definition) is 0. The first-order valence-corrected chi connectivity index (χ1v) is 6.18. The fourth-order valence-electron chi connectivity index (χ4n) is 1.39. The van der Waals surface area contributed by atoms with Crippen molar-refractivity contribution in [1.82, 2.24) is 0 Å². The normalized spacial score (nSPS) is 10.4. The molecule has 0 bridgehead atoms. The quantitative estimate of drug-likeness (QED) is 0.619. The summed E-state index contributed by atoms with van der Waals surface area (Å²) in [6, 6.07) is 3.61. The lowest BCUT2D eigenvalue weighted by molar-refractivity contribution is -0.137. The maximum Gasteiger partial charge on any atom is 0.330 e. The summed E-state index contributed by atoms with van der Waals surface area (Å²) in [5.74, 6) is 0.838. The summed E-state index contributed by atoms with van der Waals surface area (Å²) in [7, 11) is 3.12. The number of halogens is 1. The van der Waals surface area contributed by atoms with Gasteiger partial charge in [-0.1, -0.05) is 0 Å². The van der Waals surface area contributed by atoms with Gasteiger partial charge in [-0.25, -0.2) is 4.79 Å². The summed E-state index contributed by atoms with van der Waals surface area (Å²) in [6.07, 6.45) is 3.03. The molecule has 18 heavy (non-hydrogen) atoms. The van der Waals surface area contributed by atoms with Gasteiger partial charge in [0.1, 0.15) is 0 Å². The highest BCUT2D eigenvalue weighted by molar-refractivity contribution is 9.10. The Bertz CT molecular complexity index is 455. The van der Waals surface area contributed by atoms with Crippen molar-refractivity contribution >= 4 is 28.0 Å². The summed E-state index contributed by atoms with van der Waals surface area (Å²) in [5.41, 5.74) is 0.813. The molecule has 0 saturated heterocycles. The molecule has 0 aliphatic rings. The first-order valence-electron chi connectivity index (χ1n) is 5.38. The van der Waals surface area contributed by atoms with Crippen LogP contribution in [0.25, 0.3) is 6.08 Å². The van der Waals surface area contributed by atoms with Gasteiger partial charge in [0, 0.05) is 6.08 Å². The minimum Gasteiger partial charge on any atom is -0.493 e. The second-order valence-corrected chi connectivity index (χ2v) is 4.18. The number of carbonyl (C=O) groups is 1. The molecule has 0 aliphatic carbocycles. The first kappa shape index (κ1) is 14.6. The third-order valence-electron chi connectivity index (χ3n) is 2.15. The molecule has 0 atom stereocenters. The number of esters is 1. The molecule has 0 heterocycles. The lowest BCUT2D eigenvalue weighted by Gasteiger charge is -2.10. The fraction of sp³-hybridized carbons (Fsp3) is 0.308. The van der Waals surface area contributed by atoms with Gasteiger partial charge in [0.05, 0.1) is 25.3 Å². The summed E-state index contributed by atoms with van der Waals surface area (Å²) in [5, 5.41) is 0. The van der Waals surface area contributed by atoms with Crippen molar-refractivity contribution in [3.05, 3.63) is 28.2 Å². The average Bonchev–Trinajstić information content (AvgIpc) is 2.36. The molecule has 0 amide bonds. The summed E-state index contributed by atoms with van der Waals surface area (Å²) >= 11 is 3.38. The number of methoxy groups -OCH3 is 2. The Morgan fingerprint density at radius 1 is 1.33 bits per heavy atom. The predicted octanol–water partition coefficient (Wildman–Crippen LogP) is 3.04. The Balaban J connectivity index is 2.98. The largest absolute Gasteiger partial charge is 0.493 e. The SMILES string of the molecule is CCOC(=O)C=Cc1cc(Br)c(OC)c(OC)c1. The summed E-state index contributed by atoms with van der Waals surface area (Å²) < 4.78 is 16.0. The van der Waals surface area contributed by atoms with E-state index in [2.05, 4.69) is 15.9 Å². The van der Waals surface area contributed by atoms with E-state index in [1.807, 2.05) is 6.07 Å². The lowest BCUT2D eigenvalue weighted by atomic mass is 10.2. The molecule has 0 radical (unpaired) electrons. The highest BCUT2D eigenvalue weighted by atomic mass is 79.9. The molecule has 5 heteroatoms. The van der Waals surface area contributed by atoms with E-state index in [-0.39, 0.29) is 5.97 Å². The van der Waals surface area contributed by atoms with Crippen molar-refractivity contribution in [1.29, 1.82) is 0 Å². The number of rotatable bonds is 5. The first-order chi connectivity index (χ1) is 8.62. The van der Waals surface area contributed by atoms with Crippen LogP contribution in [0.1, 0.15) is 12.5 Å². The number of carbonyl (C=O) groups excluding carboxylic acids is 1. The van der Waals surface area contributed by atoms with Gasteiger partial charge in [0.2, 0.25) is 0 Å². The van der Waals surface area contributed by atoms with Crippen LogP contribution in [0.3, 0.4) is 0 Å². The van der Waals surface area contributed by atoms with E-state index in [9.17, 15) is 4.79 Å². The molecular weight excluding hydrogens is 300 g/mol. The minimum atomic E-state index is -0.372. The molecule has 0 unspecified atom stereocenters. The molecule has 0 spiro atoms. The molecule has 0 N–H and O–H groups in total. The van der Waals surface area contributed by atoms with E-state index in [0.29, 0.717) is 18.1 Å². The van der Waals surface area contributed by atoms with Gasteiger partial charge in [-0.2, -0.15) is 0 Å². The van der Waals surface area contributed by atoms with Gasteiger partial charge >= 0.3 is 5.97 Å². The van der Waals surface area contributed by atoms with Crippen LogP contribution in [0.2, 0.25) is 0 Å². The summed E-state index contributed by atoms with van der Waals surface area (Å²) in [6.45, 7) is 2.12. The fourth-order valence-corrected chi connectivity index (χ4v) is 2.01. The molecule has 1 rings (SSSR count). The van der Waals surface area contributed by atoms with E-state index in [1.54, 1.807) is 33.3 Å². The van der Waals surface area contributed by atoms with Crippen molar-refractivity contribution in [3.63, 3.8) is 0 Å². The van der Waals surface area contributed by atoms with Gasteiger partial charge in [0.25, 0.3) is 0 Å². The lowest BCUT2D eigenvalue weighted by Crippen LogP contribution is -1.98. The molecular formula is C13H15BrO4. The molecule has 98 valence electrons. The van der Waals surface area contributed by atoms with Gasteiger partial charge < -0.3 is 14.2 Å². The van der Waals surface area contributed by atoms with E-state index >= 15 is 0 Å². The van der Waals surface area contributed by atoms with Crippen molar-refractivity contribution < 1.29 is 19.0 Å². The van der Waals surface area contributed by atoms with Gasteiger partial charge in [-0.3, -0.25) is 0 Å². The summed E-state index contributed by atoms with van der Waals surface area (Å²) in [4.78, 5) is 11.2. The molecule has 0 aliphatic heterocycles. The Morgan fingerprint density at radius 3 is 2.61 bits per heavy atom. The Labute approximate surface area is 115 Å². The van der Waals surface area contributed by atoms with Gasteiger partial charge in [0.15, 0.2) is 11.5 Å². The molecule has 4 nitrogen and oxygen atoms in total. The van der Waals surface area contributed by atoms with Crippen molar-refractivity contribution in [2.45, 2.75) is 6.92 Å². The second-order valence-electron chi connectivity index (χ2n) is 3.32. The third-order valence-corrected chi connectivity index (χ3v) is 2.74. The van der Waals surface area contributed by atoms with Crippen molar-refractivity contribution in [2.24, 2.45) is 0 Å². The van der Waals surface area contributed by atoms with Crippen LogP contribution in [-0.2, 0) is 9.53 Å². The van der Waals surface area contributed by atoms with Crippen LogP contribution in [0.4, 0.5) is 0 Å². The van der Waals surface area contributed by atoms with Crippen LogP contribution < -0.4 is 9.47 Å². The zero-order valence-corrected chi connectivity index (χ0v) is 12.1. The molecule has 0 saturated carbocycles. The standard InChI is InChI=1S/C13H15BrO4/c1-4-18-12(15)6-5-9-7-10(14)13(17-3)11(8-9)16-2/h5-8H,4H2,1-3H3. The topological polar surface area (TPSA) is 44.8 Å². The highest BCUT2D eigenvalue weighted by Gasteiger charge is 2.09. The number of ether oxygens (including phenoxy) is 3. The third kappa shape index (κ3) is 3.77. The zero-order valence-electron chi connectivity index (χ0n) is 10.5. The minimum absolute atomic E-state index is 0.360. The Hall–Kier alpha value is -1.49. The Morgan fingerprint density at radius 2 is 2.06 bits per heavy atom. The number of hydrogen-bond acceptors (Lipinski definition) is 4. The molecule has 1 aromatic rings. The monoisotopic (exact) mass is 314 g/mol. The molecule has 0 fully saturated rings. The van der Waals surface area contributed by atoms with Gasteiger partial charge in [-0.05, 0) is 46.6 Å². The van der Waals surface area contributed by atoms with Crippen LogP contribution in [0.5, 0.6) is 11.5 Å². The van der Waals surface area contributed by atoms with E-state index in [4.69, 9.17) is 14.2 Å². The smallest absolute Gasteiger partial charge is 0.330 e. The van der Waals surface area contributed by atoms with Crippen LogP contribution in [0, 0.1) is 0 Å². The van der Waals surface area contributed by atoms with Crippen molar-refractivity contribution in [3.8, 4) is 11.5 Å². The van der Waals surface area contributed by atoms with Crippen LogP contribution in [-0.4, -0.2) is 26.8 Å². The van der Waals surface area contributed by atoms with Crippen LogP contribution >= 0.6 is 15.9 Å². The van der Waals surface area contributed by atoms with E-state index < -0.39 is 0 Å². The average molecular weight is 315 g/mol. The Kier molecular flexibility index (Phi) is 5.71. The van der Waals surface area contributed by atoms with Gasteiger partial charge in [-0.15, -0.1) is 0 Å².